The van der Waals surface area contributed by atoms with Crippen molar-refractivity contribution in [3.63, 3.8) is 0 Å². The summed E-state index contributed by atoms with van der Waals surface area (Å²) in [6, 6.07) is 9.65. The molecule has 0 atom stereocenters. The first-order valence-corrected chi connectivity index (χ1v) is 6.58. The molecule has 0 radical (unpaired) electrons. The summed E-state index contributed by atoms with van der Waals surface area (Å²) >= 11 is 0. The molecule has 106 valence electrons. The molecular weight excluding hydrogens is 260 g/mol. The van der Waals surface area contributed by atoms with Crippen molar-refractivity contribution in [2.45, 2.75) is 19.8 Å². The second kappa shape index (κ2) is 6.48. The van der Waals surface area contributed by atoms with Crippen LogP contribution in [-0.2, 0) is 12.8 Å². The van der Waals surface area contributed by atoms with Gasteiger partial charge >= 0.3 is 0 Å². The zero-order valence-electron chi connectivity index (χ0n) is 11.3. The van der Waals surface area contributed by atoms with Crippen molar-refractivity contribution in [3.8, 4) is 11.5 Å². The molecule has 0 unspecified atom stereocenters. The molecule has 0 aliphatic rings. The van der Waals surface area contributed by atoms with Crippen LogP contribution >= 0.6 is 0 Å². The number of hydrogen-bond acceptors (Lipinski definition) is 2. The van der Waals surface area contributed by atoms with E-state index in [2.05, 4.69) is 0 Å². The van der Waals surface area contributed by atoms with Crippen LogP contribution in [0.5, 0.6) is 11.5 Å². The topological polar surface area (TPSA) is 35.2 Å². The van der Waals surface area contributed by atoms with Crippen LogP contribution in [0.4, 0.5) is 8.78 Å². The number of ether oxygens (including phenoxy) is 1. The lowest BCUT2D eigenvalue weighted by Crippen LogP contribution is -2.04. The number of nitrogens with two attached hydrogens (primary N) is 1. The van der Waals surface area contributed by atoms with Gasteiger partial charge in [0.1, 0.15) is 5.75 Å². The van der Waals surface area contributed by atoms with E-state index in [1.54, 1.807) is 12.1 Å². The van der Waals surface area contributed by atoms with Gasteiger partial charge in [0.05, 0.1) is 0 Å². The molecule has 0 spiro atoms. The van der Waals surface area contributed by atoms with Gasteiger partial charge in [-0.25, -0.2) is 8.78 Å². The van der Waals surface area contributed by atoms with Crippen LogP contribution in [-0.4, -0.2) is 6.54 Å². The first-order chi connectivity index (χ1) is 9.63. The van der Waals surface area contributed by atoms with E-state index >= 15 is 0 Å². The number of rotatable bonds is 5. The first kappa shape index (κ1) is 14.5. The molecule has 2 aromatic rings. The molecule has 0 amide bonds. The molecule has 0 aliphatic heterocycles. The van der Waals surface area contributed by atoms with Crippen molar-refractivity contribution in [2.24, 2.45) is 5.73 Å². The van der Waals surface area contributed by atoms with E-state index < -0.39 is 11.6 Å². The lowest BCUT2D eigenvalue weighted by atomic mass is 10.1. The van der Waals surface area contributed by atoms with Crippen LogP contribution in [0.3, 0.4) is 0 Å². The molecule has 0 saturated carbocycles. The van der Waals surface area contributed by atoms with Crippen LogP contribution < -0.4 is 10.5 Å². The van der Waals surface area contributed by atoms with E-state index in [0.29, 0.717) is 24.3 Å². The number of benzene rings is 2. The van der Waals surface area contributed by atoms with Gasteiger partial charge in [-0.1, -0.05) is 19.1 Å². The van der Waals surface area contributed by atoms with Crippen molar-refractivity contribution in [1.29, 1.82) is 0 Å². The fraction of sp³-hybridized carbons (Fsp3) is 0.250. The largest absolute Gasteiger partial charge is 0.451 e. The molecule has 2 N–H and O–H groups in total. The molecule has 20 heavy (non-hydrogen) atoms. The summed E-state index contributed by atoms with van der Waals surface area (Å²) in [5, 5.41) is 0. The van der Waals surface area contributed by atoms with Gasteiger partial charge in [-0.05, 0) is 54.8 Å². The van der Waals surface area contributed by atoms with Crippen molar-refractivity contribution in [1.82, 2.24) is 0 Å². The number of aryl methyl sites for hydroxylation is 1. The Bertz CT molecular complexity index is 559. The maximum Gasteiger partial charge on any atom is 0.198 e. The van der Waals surface area contributed by atoms with Crippen molar-refractivity contribution in [2.75, 3.05) is 6.54 Å². The summed E-state index contributed by atoms with van der Waals surface area (Å²) < 4.78 is 33.0. The standard InChI is InChI=1S/C16H17F2NO/c1-2-11-3-5-13(6-4-11)20-16-14(17)9-12(7-8-19)10-15(16)18/h3-6,9-10H,2,7-8,19H2,1H3. The predicted molar refractivity (Wildman–Crippen MR) is 75.0 cm³/mol. The molecule has 0 fully saturated rings. The second-order valence-electron chi connectivity index (χ2n) is 4.53. The van der Waals surface area contributed by atoms with Gasteiger partial charge in [0.2, 0.25) is 0 Å². The van der Waals surface area contributed by atoms with Gasteiger partial charge < -0.3 is 10.5 Å². The van der Waals surface area contributed by atoms with Gasteiger partial charge in [-0.2, -0.15) is 0 Å². The van der Waals surface area contributed by atoms with E-state index in [0.717, 1.165) is 12.0 Å². The summed E-state index contributed by atoms with van der Waals surface area (Å²) in [6.07, 6.45) is 1.33. The number of halogens is 2. The smallest absolute Gasteiger partial charge is 0.198 e. The summed E-state index contributed by atoms with van der Waals surface area (Å²) in [5.41, 5.74) is 7.03. The Balaban J connectivity index is 2.23. The van der Waals surface area contributed by atoms with E-state index in [-0.39, 0.29) is 5.75 Å². The van der Waals surface area contributed by atoms with Crippen LogP contribution in [0.15, 0.2) is 36.4 Å². The van der Waals surface area contributed by atoms with Crippen LogP contribution in [0, 0.1) is 11.6 Å². The van der Waals surface area contributed by atoms with Gasteiger partial charge in [0.25, 0.3) is 0 Å². The Labute approximate surface area is 117 Å². The zero-order valence-corrected chi connectivity index (χ0v) is 11.3. The molecule has 0 bridgehead atoms. The SMILES string of the molecule is CCc1ccc(Oc2c(F)cc(CCN)cc2F)cc1. The minimum absolute atomic E-state index is 0.345. The predicted octanol–water partition coefficient (Wildman–Crippen LogP) is 3.82. The lowest BCUT2D eigenvalue weighted by molar-refractivity contribution is 0.406. The summed E-state index contributed by atoms with van der Waals surface area (Å²) in [7, 11) is 0. The minimum atomic E-state index is -0.715. The van der Waals surface area contributed by atoms with Crippen molar-refractivity contribution in [3.05, 3.63) is 59.2 Å². The summed E-state index contributed by atoms with van der Waals surface area (Å²) in [5.74, 6) is -1.40. The van der Waals surface area contributed by atoms with Gasteiger partial charge in [0, 0.05) is 0 Å². The first-order valence-electron chi connectivity index (χ1n) is 6.58. The quantitative estimate of drug-likeness (QED) is 0.901. The van der Waals surface area contributed by atoms with E-state index in [1.807, 2.05) is 19.1 Å². The molecule has 2 nitrogen and oxygen atoms in total. The van der Waals surface area contributed by atoms with Gasteiger partial charge in [-0.3, -0.25) is 0 Å². The highest BCUT2D eigenvalue weighted by molar-refractivity contribution is 5.37. The normalized spacial score (nSPS) is 10.6. The summed E-state index contributed by atoms with van der Waals surface area (Å²) in [6.45, 7) is 2.38. The van der Waals surface area contributed by atoms with Crippen LogP contribution in [0.1, 0.15) is 18.1 Å². The Kier molecular flexibility index (Phi) is 4.69. The highest BCUT2D eigenvalue weighted by atomic mass is 19.1. The Morgan fingerprint density at radius 3 is 2.10 bits per heavy atom. The molecule has 4 heteroatoms. The highest BCUT2D eigenvalue weighted by Crippen LogP contribution is 2.29. The molecular formula is C16H17F2NO. The third-order valence-corrected chi connectivity index (χ3v) is 3.04. The summed E-state index contributed by atoms with van der Waals surface area (Å²) in [4.78, 5) is 0. The monoisotopic (exact) mass is 277 g/mol. The third kappa shape index (κ3) is 3.33. The molecule has 0 aliphatic carbocycles. The van der Waals surface area contributed by atoms with Crippen molar-refractivity contribution >= 4 is 0 Å². The average molecular weight is 277 g/mol. The van der Waals surface area contributed by atoms with Crippen LogP contribution in [0.2, 0.25) is 0 Å². The fourth-order valence-electron chi connectivity index (χ4n) is 1.93. The second-order valence-corrected chi connectivity index (χ2v) is 4.53. The lowest BCUT2D eigenvalue weighted by Gasteiger charge is -2.10. The van der Waals surface area contributed by atoms with Crippen molar-refractivity contribution < 1.29 is 13.5 Å². The van der Waals surface area contributed by atoms with Crippen LogP contribution in [0.25, 0.3) is 0 Å². The van der Waals surface area contributed by atoms with E-state index in [1.165, 1.54) is 12.1 Å². The molecule has 0 saturated heterocycles. The molecule has 0 aromatic heterocycles. The Morgan fingerprint density at radius 2 is 1.60 bits per heavy atom. The maximum absolute atomic E-state index is 13.9. The van der Waals surface area contributed by atoms with E-state index in [9.17, 15) is 8.78 Å². The van der Waals surface area contributed by atoms with Gasteiger partial charge in [0.15, 0.2) is 17.4 Å². The Hall–Kier alpha value is -1.94. The van der Waals surface area contributed by atoms with E-state index in [4.69, 9.17) is 10.5 Å². The third-order valence-electron chi connectivity index (χ3n) is 3.04. The fourth-order valence-corrected chi connectivity index (χ4v) is 1.93. The maximum atomic E-state index is 13.9. The molecule has 2 rings (SSSR count). The molecule has 0 heterocycles. The van der Waals surface area contributed by atoms with Gasteiger partial charge in [-0.15, -0.1) is 0 Å². The molecule has 2 aromatic carbocycles. The highest BCUT2D eigenvalue weighted by Gasteiger charge is 2.13. The Morgan fingerprint density at radius 1 is 1.00 bits per heavy atom. The zero-order chi connectivity index (χ0) is 14.5. The minimum Gasteiger partial charge on any atom is -0.451 e. The average Bonchev–Trinajstić information content (AvgIpc) is 2.44. The number of hydrogen-bond donors (Lipinski definition) is 1.